The molecule has 1 saturated carbocycles. The van der Waals surface area contributed by atoms with Crippen LogP contribution in [0.5, 0.6) is 0 Å². The molecule has 1 aromatic carbocycles. The van der Waals surface area contributed by atoms with Gasteiger partial charge in [-0.3, -0.25) is 14.5 Å². The van der Waals surface area contributed by atoms with Gasteiger partial charge in [0.15, 0.2) is 0 Å². The minimum absolute atomic E-state index is 0.0690. The molecule has 0 aromatic heterocycles. The van der Waals surface area contributed by atoms with Gasteiger partial charge in [-0.15, -0.1) is 0 Å². The smallest absolute Gasteiger partial charge is 0.241 e. The molecule has 8 nitrogen and oxygen atoms in total. The van der Waals surface area contributed by atoms with Crippen molar-refractivity contribution in [3.8, 4) is 0 Å². The van der Waals surface area contributed by atoms with E-state index in [1.165, 1.54) is 6.42 Å². The summed E-state index contributed by atoms with van der Waals surface area (Å²) in [6.07, 6.45) is 5.13. The van der Waals surface area contributed by atoms with Crippen LogP contribution in [0.25, 0.3) is 0 Å². The van der Waals surface area contributed by atoms with Crippen LogP contribution in [0.2, 0.25) is 5.02 Å². The lowest BCUT2D eigenvalue weighted by molar-refractivity contribution is -0.127. The number of anilines is 1. The van der Waals surface area contributed by atoms with Crippen molar-refractivity contribution in [3.63, 3.8) is 0 Å². The Labute approximate surface area is 226 Å². The van der Waals surface area contributed by atoms with E-state index in [1.807, 2.05) is 43.9 Å². The largest absolute Gasteiger partial charge is 0.396 e. The van der Waals surface area contributed by atoms with Gasteiger partial charge in [-0.2, -0.15) is 0 Å². The first-order chi connectivity index (χ1) is 17.5. The molecule has 1 aliphatic heterocycles. The van der Waals surface area contributed by atoms with Crippen molar-refractivity contribution in [2.75, 3.05) is 37.7 Å². The van der Waals surface area contributed by atoms with Crippen molar-refractivity contribution in [2.24, 2.45) is 17.1 Å². The lowest BCUT2D eigenvalue weighted by atomic mass is 9.74. The zero-order chi connectivity index (χ0) is 27.2. The lowest BCUT2D eigenvalue weighted by Gasteiger charge is -2.47. The second kappa shape index (κ2) is 12.9. The normalized spacial score (nSPS) is 22.4. The van der Waals surface area contributed by atoms with Crippen LogP contribution in [-0.2, 0) is 9.59 Å². The zero-order valence-electron chi connectivity index (χ0n) is 22.6. The molecule has 0 radical (unpaired) electrons. The number of halogens is 1. The molecule has 2 amide bonds. The maximum Gasteiger partial charge on any atom is 0.241 e. The van der Waals surface area contributed by atoms with E-state index in [0.717, 1.165) is 25.7 Å². The van der Waals surface area contributed by atoms with E-state index in [-0.39, 0.29) is 48.3 Å². The first-order valence-electron chi connectivity index (χ1n) is 13.6. The molecule has 208 valence electrons. The highest BCUT2D eigenvalue weighted by atomic mass is 35.5. The second-order valence-corrected chi connectivity index (χ2v) is 12.0. The Morgan fingerprint density at radius 3 is 2.51 bits per heavy atom. The minimum atomic E-state index is -0.885. The number of aliphatic hydroxyl groups excluding tert-OH is 2. The van der Waals surface area contributed by atoms with E-state index in [2.05, 4.69) is 5.32 Å². The van der Waals surface area contributed by atoms with Crippen molar-refractivity contribution in [2.45, 2.75) is 83.4 Å². The molecule has 0 spiro atoms. The van der Waals surface area contributed by atoms with E-state index < -0.39 is 12.1 Å². The lowest BCUT2D eigenvalue weighted by Crippen LogP contribution is -2.64. The molecule has 1 aliphatic carbocycles. The topological polar surface area (TPSA) is 119 Å². The fraction of sp³-hybridized carbons (Fsp3) is 0.714. The maximum absolute atomic E-state index is 13.0. The van der Waals surface area contributed by atoms with Gasteiger partial charge in [-0.05, 0) is 51.7 Å². The fourth-order valence-corrected chi connectivity index (χ4v) is 5.89. The van der Waals surface area contributed by atoms with Crippen molar-refractivity contribution in [1.29, 1.82) is 0 Å². The molecule has 1 saturated heterocycles. The number of piperazine rings is 1. The number of nitrogens with zero attached hydrogens (tertiary/aromatic N) is 2. The number of aliphatic hydroxyl groups is 2. The molecule has 2 aliphatic rings. The SMILES string of the molecule is CC[C@H](C[C@H](O)[C@@H](N)CN1CC(=O)N(c2ccccc2Cl)CC1(C)C)C(=O)NCC1(CO)CCCCC1. The van der Waals surface area contributed by atoms with Crippen LogP contribution in [0, 0.1) is 11.3 Å². The minimum Gasteiger partial charge on any atom is -0.396 e. The Balaban J connectivity index is 1.55. The van der Waals surface area contributed by atoms with E-state index in [9.17, 15) is 19.8 Å². The maximum atomic E-state index is 13.0. The number of para-hydroxylation sites is 1. The van der Waals surface area contributed by atoms with E-state index in [1.54, 1.807) is 11.0 Å². The Morgan fingerprint density at radius 1 is 1.22 bits per heavy atom. The third-order valence-electron chi connectivity index (χ3n) is 8.37. The Morgan fingerprint density at radius 2 is 1.89 bits per heavy atom. The summed E-state index contributed by atoms with van der Waals surface area (Å²) in [5.74, 6) is -0.538. The average molecular weight is 537 g/mol. The van der Waals surface area contributed by atoms with Crippen molar-refractivity contribution < 1.29 is 19.8 Å². The standard InChI is InChI=1S/C28H45ClN4O4/c1-4-20(26(37)31-17-28(19-34)12-8-5-9-13-28)14-24(35)22(30)15-32-16-25(36)33(18-27(32,2)3)23-11-7-6-10-21(23)29/h6-7,10-11,20,22,24,34-35H,4-5,8-9,12-19,30H2,1-3H3,(H,31,37)/t20-,22+,24+/m1/s1. The number of hydrogen-bond donors (Lipinski definition) is 4. The van der Waals surface area contributed by atoms with Crippen molar-refractivity contribution in [3.05, 3.63) is 29.3 Å². The van der Waals surface area contributed by atoms with Gasteiger partial charge in [-0.1, -0.05) is 49.9 Å². The van der Waals surface area contributed by atoms with Crippen LogP contribution in [-0.4, -0.2) is 77.4 Å². The highest BCUT2D eigenvalue weighted by Crippen LogP contribution is 2.35. The summed E-state index contributed by atoms with van der Waals surface area (Å²) in [6.45, 7) is 7.52. The second-order valence-electron chi connectivity index (χ2n) is 11.6. The highest BCUT2D eigenvalue weighted by Gasteiger charge is 2.40. The number of nitrogens with one attached hydrogen (secondary N) is 1. The molecular weight excluding hydrogens is 492 g/mol. The fourth-order valence-electron chi connectivity index (χ4n) is 5.65. The van der Waals surface area contributed by atoms with Gasteiger partial charge in [0.25, 0.3) is 0 Å². The predicted molar refractivity (Wildman–Crippen MR) is 147 cm³/mol. The van der Waals surface area contributed by atoms with Crippen LogP contribution in [0.15, 0.2) is 24.3 Å². The molecule has 1 heterocycles. The number of hydrogen-bond acceptors (Lipinski definition) is 6. The summed E-state index contributed by atoms with van der Waals surface area (Å²) < 4.78 is 0. The Kier molecular flexibility index (Phi) is 10.4. The summed E-state index contributed by atoms with van der Waals surface area (Å²) in [4.78, 5) is 29.7. The quantitative estimate of drug-likeness (QED) is 0.345. The van der Waals surface area contributed by atoms with Gasteiger partial charge in [0.1, 0.15) is 0 Å². The van der Waals surface area contributed by atoms with Crippen LogP contribution in [0.3, 0.4) is 0 Å². The average Bonchev–Trinajstić information content (AvgIpc) is 2.88. The predicted octanol–water partition coefficient (Wildman–Crippen LogP) is 2.93. The molecular formula is C28H45ClN4O4. The van der Waals surface area contributed by atoms with Crippen LogP contribution in [0.4, 0.5) is 5.69 Å². The number of rotatable bonds is 11. The Hall–Kier alpha value is -1.71. The molecule has 1 aromatic rings. The molecule has 37 heavy (non-hydrogen) atoms. The van der Waals surface area contributed by atoms with Gasteiger partial charge in [-0.25, -0.2) is 0 Å². The van der Waals surface area contributed by atoms with E-state index >= 15 is 0 Å². The van der Waals surface area contributed by atoms with Gasteiger partial charge >= 0.3 is 0 Å². The number of benzene rings is 1. The molecule has 3 rings (SSSR count). The molecule has 0 bridgehead atoms. The van der Waals surface area contributed by atoms with Gasteiger partial charge < -0.3 is 26.2 Å². The summed E-state index contributed by atoms with van der Waals surface area (Å²) in [5.41, 5.74) is 6.50. The first-order valence-corrected chi connectivity index (χ1v) is 14.0. The molecule has 3 atom stereocenters. The van der Waals surface area contributed by atoms with Gasteiger partial charge in [0, 0.05) is 42.5 Å². The number of carbonyl (C=O) groups is 2. The third-order valence-corrected chi connectivity index (χ3v) is 8.69. The van der Waals surface area contributed by atoms with Gasteiger partial charge in [0.05, 0.1) is 30.0 Å². The highest BCUT2D eigenvalue weighted by molar-refractivity contribution is 6.33. The zero-order valence-corrected chi connectivity index (χ0v) is 23.3. The molecule has 5 N–H and O–H groups in total. The summed E-state index contributed by atoms with van der Waals surface area (Å²) >= 11 is 6.34. The monoisotopic (exact) mass is 536 g/mol. The number of carbonyl (C=O) groups excluding carboxylic acids is 2. The van der Waals surface area contributed by atoms with Crippen LogP contribution >= 0.6 is 11.6 Å². The molecule has 9 heteroatoms. The van der Waals surface area contributed by atoms with Crippen LogP contribution in [0.1, 0.15) is 65.7 Å². The summed E-state index contributed by atoms with van der Waals surface area (Å²) in [6, 6.07) is 6.70. The third kappa shape index (κ3) is 7.45. The van der Waals surface area contributed by atoms with Crippen LogP contribution < -0.4 is 16.0 Å². The first kappa shape index (κ1) is 29.8. The molecule has 0 unspecified atom stereocenters. The van der Waals surface area contributed by atoms with Gasteiger partial charge in [0.2, 0.25) is 11.8 Å². The van der Waals surface area contributed by atoms with E-state index in [0.29, 0.717) is 36.8 Å². The number of amides is 2. The summed E-state index contributed by atoms with van der Waals surface area (Å²) in [5, 5.41) is 24.4. The van der Waals surface area contributed by atoms with E-state index in [4.69, 9.17) is 17.3 Å². The number of nitrogens with two attached hydrogens (primary N) is 1. The van der Waals surface area contributed by atoms with Crippen molar-refractivity contribution in [1.82, 2.24) is 10.2 Å². The molecule has 2 fully saturated rings. The Bertz CT molecular complexity index is 921. The summed E-state index contributed by atoms with van der Waals surface area (Å²) in [7, 11) is 0. The van der Waals surface area contributed by atoms with Crippen molar-refractivity contribution >= 4 is 29.1 Å².